The van der Waals surface area contributed by atoms with Crippen molar-refractivity contribution >= 4 is 5.91 Å². The molecule has 0 fully saturated rings. The molecule has 0 aliphatic rings. The van der Waals surface area contributed by atoms with Gasteiger partial charge in [-0.15, -0.1) is 6.42 Å². The maximum atomic E-state index is 11.4. The maximum absolute atomic E-state index is 11.4. The number of hydrogen-bond acceptors (Lipinski definition) is 3. The summed E-state index contributed by atoms with van der Waals surface area (Å²) in [6.07, 6.45) is 6.63. The monoisotopic (exact) mass is 206 g/mol. The first kappa shape index (κ1) is 11.3. The van der Waals surface area contributed by atoms with Gasteiger partial charge in [0, 0.05) is 0 Å². The van der Waals surface area contributed by atoms with Gasteiger partial charge in [-0.2, -0.15) is 0 Å². The molecule has 1 amide bonds. The van der Waals surface area contributed by atoms with Crippen molar-refractivity contribution in [1.29, 1.82) is 0 Å². The second-order valence-electron chi connectivity index (χ2n) is 3.10. The van der Waals surface area contributed by atoms with Gasteiger partial charge in [-0.3, -0.25) is 10.1 Å². The molecule has 0 aromatic carbocycles. The van der Waals surface area contributed by atoms with Crippen LogP contribution in [0.1, 0.15) is 12.7 Å². The number of rotatable bonds is 5. The molecular formula is C11H14N2O2. The molecule has 0 saturated carbocycles. The molecule has 4 nitrogen and oxygen atoms in total. The Morgan fingerprint density at radius 3 is 3.13 bits per heavy atom. The average Bonchev–Trinajstić information content (AvgIpc) is 2.75. The zero-order valence-electron chi connectivity index (χ0n) is 8.62. The number of carbonyl (C=O) groups excluding carboxylic acids is 1. The zero-order valence-corrected chi connectivity index (χ0v) is 8.62. The van der Waals surface area contributed by atoms with E-state index < -0.39 is 0 Å². The van der Waals surface area contributed by atoms with Gasteiger partial charge in [0.1, 0.15) is 5.76 Å². The summed E-state index contributed by atoms with van der Waals surface area (Å²) in [7, 11) is 0. The first-order chi connectivity index (χ1) is 7.24. The predicted molar refractivity (Wildman–Crippen MR) is 56.9 cm³/mol. The lowest BCUT2D eigenvalue weighted by Crippen LogP contribution is -2.41. The molecule has 0 bridgehead atoms. The summed E-state index contributed by atoms with van der Waals surface area (Å²) in [4.78, 5) is 11.4. The third-order valence-electron chi connectivity index (χ3n) is 1.92. The van der Waals surface area contributed by atoms with E-state index in [1.807, 2.05) is 6.07 Å². The van der Waals surface area contributed by atoms with Crippen molar-refractivity contribution in [3.05, 3.63) is 24.2 Å². The van der Waals surface area contributed by atoms with Crippen LogP contribution in [0, 0.1) is 12.3 Å². The second-order valence-corrected chi connectivity index (χ2v) is 3.10. The second kappa shape index (κ2) is 5.89. The first-order valence-electron chi connectivity index (χ1n) is 4.71. The minimum absolute atomic E-state index is 0.112. The van der Waals surface area contributed by atoms with Crippen molar-refractivity contribution in [2.75, 3.05) is 6.54 Å². The van der Waals surface area contributed by atoms with Crippen LogP contribution in [0.5, 0.6) is 0 Å². The zero-order chi connectivity index (χ0) is 11.1. The minimum Gasteiger partial charge on any atom is -0.468 e. The van der Waals surface area contributed by atoms with Crippen molar-refractivity contribution in [2.45, 2.75) is 19.5 Å². The molecule has 0 saturated heterocycles. The molecule has 0 spiro atoms. The molecule has 80 valence electrons. The van der Waals surface area contributed by atoms with E-state index >= 15 is 0 Å². The van der Waals surface area contributed by atoms with Crippen LogP contribution < -0.4 is 10.6 Å². The van der Waals surface area contributed by atoms with Gasteiger partial charge in [0.05, 0.1) is 25.4 Å². The molecule has 1 heterocycles. The Hall–Kier alpha value is -1.73. The predicted octanol–water partition coefficient (Wildman–Crippen LogP) is 0.507. The Balaban J connectivity index is 2.27. The maximum Gasteiger partial charge on any atom is 0.237 e. The Morgan fingerprint density at radius 1 is 1.73 bits per heavy atom. The Labute approximate surface area is 89.0 Å². The minimum atomic E-state index is -0.288. The van der Waals surface area contributed by atoms with E-state index in [2.05, 4.69) is 16.6 Å². The molecule has 15 heavy (non-hydrogen) atoms. The summed E-state index contributed by atoms with van der Waals surface area (Å²) < 4.78 is 5.12. The third kappa shape index (κ3) is 3.88. The number of terminal acetylenes is 1. The van der Waals surface area contributed by atoms with Crippen LogP contribution in [-0.2, 0) is 11.3 Å². The molecule has 1 rings (SSSR count). The third-order valence-corrected chi connectivity index (χ3v) is 1.92. The summed E-state index contributed by atoms with van der Waals surface area (Å²) in [6.45, 7) is 2.55. The molecule has 4 heteroatoms. The highest BCUT2D eigenvalue weighted by atomic mass is 16.3. The van der Waals surface area contributed by atoms with E-state index in [0.717, 1.165) is 5.76 Å². The van der Waals surface area contributed by atoms with E-state index in [4.69, 9.17) is 10.8 Å². The molecule has 1 aromatic heterocycles. The summed E-state index contributed by atoms with van der Waals surface area (Å²) in [5, 5.41) is 5.61. The van der Waals surface area contributed by atoms with Gasteiger partial charge in [-0.1, -0.05) is 5.92 Å². The van der Waals surface area contributed by atoms with Crippen molar-refractivity contribution < 1.29 is 9.21 Å². The summed E-state index contributed by atoms with van der Waals surface area (Å²) in [5.74, 6) is 3.03. The van der Waals surface area contributed by atoms with Crippen LogP contribution in [0.15, 0.2) is 22.8 Å². The summed E-state index contributed by atoms with van der Waals surface area (Å²) in [5.41, 5.74) is 0. The fraction of sp³-hybridized carbons (Fsp3) is 0.364. The lowest BCUT2D eigenvalue weighted by molar-refractivity contribution is -0.122. The van der Waals surface area contributed by atoms with Crippen molar-refractivity contribution in [3.8, 4) is 12.3 Å². The van der Waals surface area contributed by atoms with Crippen LogP contribution in [0.3, 0.4) is 0 Å². The van der Waals surface area contributed by atoms with Gasteiger partial charge in [-0.05, 0) is 19.1 Å². The van der Waals surface area contributed by atoms with E-state index in [1.165, 1.54) is 0 Å². The Kier molecular flexibility index (Phi) is 4.45. The summed E-state index contributed by atoms with van der Waals surface area (Å²) >= 11 is 0. The number of hydrogen-bond donors (Lipinski definition) is 2. The number of nitrogens with one attached hydrogen (secondary N) is 2. The fourth-order valence-electron chi connectivity index (χ4n) is 1.05. The first-order valence-corrected chi connectivity index (χ1v) is 4.71. The molecule has 0 aliphatic carbocycles. The van der Waals surface area contributed by atoms with Crippen LogP contribution in [0.4, 0.5) is 0 Å². The molecule has 1 unspecified atom stereocenters. The summed E-state index contributed by atoms with van der Waals surface area (Å²) in [6, 6.07) is 3.36. The molecule has 1 atom stereocenters. The highest BCUT2D eigenvalue weighted by molar-refractivity contribution is 5.81. The number of carbonyl (C=O) groups is 1. The van der Waals surface area contributed by atoms with E-state index in [1.54, 1.807) is 19.3 Å². The topological polar surface area (TPSA) is 54.3 Å². The average molecular weight is 206 g/mol. The van der Waals surface area contributed by atoms with Gasteiger partial charge in [0.2, 0.25) is 5.91 Å². The molecule has 0 radical (unpaired) electrons. The molecule has 2 N–H and O–H groups in total. The normalized spacial score (nSPS) is 11.7. The van der Waals surface area contributed by atoms with Gasteiger partial charge in [0.15, 0.2) is 0 Å². The molecular weight excluding hydrogens is 192 g/mol. The molecule has 1 aromatic rings. The van der Waals surface area contributed by atoms with E-state index in [0.29, 0.717) is 6.54 Å². The Morgan fingerprint density at radius 2 is 2.53 bits per heavy atom. The van der Waals surface area contributed by atoms with Crippen molar-refractivity contribution in [3.63, 3.8) is 0 Å². The van der Waals surface area contributed by atoms with Gasteiger partial charge in [-0.25, -0.2) is 0 Å². The quantitative estimate of drug-likeness (QED) is 0.690. The highest BCUT2D eigenvalue weighted by Gasteiger charge is 2.11. The SMILES string of the molecule is C#CCNC(=O)C(C)NCc1ccco1. The number of furan rings is 1. The van der Waals surface area contributed by atoms with E-state index in [-0.39, 0.29) is 18.5 Å². The smallest absolute Gasteiger partial charge is 0.237 e. The van der Waals surface area contributed by atoms with Crippen LogP contribution in [-0.4, -0.2) is 18.5 Å². The standard InChI is InChI=1S/C11H14N2O2/c1-3-6-12-11(14)9(2)13-8-10-5-4-7-15-10/h1,4-5,7,9,13H,6,8H2,2H3,(H,12,14). The van der Waals surface area contributed by atoms with Gasteiger partial charge >= 0.3 is 0 Å². The van der Waals surface area contributed by atoms with Gasteiger partial charge in [0.25, 0.3) is 0 Å². The van der Waals surface area contributed by atoms with E-state index in [9.17, 15) is 4.79 Å². The van der Waals surface area contributed by atoms with Crippen LogP contribution >= 0.6 is 0 Å². The molecule has 0 aliphatic heterocycles. The number of amides is 1. The van der Waals surface area contributed by atoms with Crippen molar-refractivity contribution in [2.24, 2.45) is 0 Å². The fourth-order valence-corrected chi connectivity index (χ4v) is 1.05. The lowest BCUT2D eigenvalue weighted by atomic mass is 10.3. The van der Waals surface area contributed by atoms with Crippen LogP contribution in [0.2, 0.25) is 0 Å². The highest BCUT2D eigenvalue weighted by Crippen LogP contribution is 1.99. The van der Waals surface area contributed by atoms with Gasteiger partial charge < -0.3 is 9.73 Å². The lowest BCUT2D eigenvalue weighted by Gasteiger charge is -2.11. The van der Waals surface area contributed by atoms with Crippen LogP contribution in [0.25, 0.3) is 0 Å². The largest absolute Gasteiger partial charge is 0.468 e. The van der Waals surface area contributed by atoms with Crippen molar-refractivity contribution in [1.82, 2.24) is 10.6 Å². The Bertz CT molecular complexity index is 338.